The summed E-state index contributed by atoms with van der Waals surface area (Å²) in [7, 11) is 0. The average molecular weight is 861 g/mol. The molecule has 3 heterocycles. The molecule has 14 heteroatoms. The van der Waals surface area contributed by atoms with Gasteiger partial charge in [0, 0.05) is 48.6 Å². The molecule has 1 fully saturated rings. The van der Waals surface area contributed by atoms with Crippen LogP contribution in [0.4, 0.5) is 9.59 Å². The zero-order valence-electron chi connectivity index (χ0n) is 36.2. The maximum atomic E-state index is 13.8. The van der Waals surface area contributed by atoms with Gasteiger partial charge in [-0.1, -0.05) is 66.2 Å². The molecule has 0 radical (unpaired) electrons. The van der Waals surface area contributed by atoms with Crippen molar-refractivity contribution in [2.75, 3.05) is 13.1 Å². The van der Waals surface area contributed by atoms with Gasteiger partial charge in [-0.2, -0.15) is 0 Å². The van der Waals surface area contributed by atoms with Crippen LogP contribution in [-0.4, -0.2) is 74.7 Å². The molecule has 1 saturated heterocycles. The summed E-state index contributed by atoms with van der Waals surface area (Å²) in [6.45, 7) is 12.7. The van der Waals surface area contributed by atoms with Crippen molar-refractivity contribution in [3.8, 4) is 33.4 Å². The number of nitrogens with one attached hydrogen (secondary N) is 3. The molecule has 2 atom stereocenters. The Balaban J connectivity index is 1.08. The molecule has 5 aromatic rings. The number of carbonyl (C=O) groups excluding carboxylic acids is 4. The Morgan fingerprint density at radius 2 is 1.55 bits per heavy atom. The zero-order chi connectivity index (χ0) is 44.5. The van der Waals surface area contributed by atoms with Crippen LogP contribution in [0.2, 0.25) is 5.02 Å². The fraction of sp³-hybridized carbons (Fsp3) is 0.375. The van der Waals surface area contributed by atoms with E-state index in [9.17, 15) is 24.0 Å². The fourth-order valence-corrected chi connectivity index (χ4v) is 8.38. The van der Waals surface area contributed by atoms with Gasteiger partial charge in [-0.3, -0.25) is 18.8 Å². The van der Waals surface area contributed by atoms with Crippen molar-refractivity contribution >= 4 is 41.2 Å². The van der Waals surface area contributed by atoms with E-state index in [4.69, 9.17) is 21.1 Å². The highest BCUT2D eigenvalue weighted by Gasteiger charge is 2.30. The second-order valence-electron chi connectivity index (χ2n) is 18.1. The Bertz CT molecular complexity index is 2630. The first-order chi connectivity index (χ1) is 29.3. The Morgan fingerprint density at radius 3 is 2.26 bits per heavy atom. The first-order valence-electron chi connectivity index (χ1n) is 20.9. The van der Waals surface area contributed by atoms with Gasteiger partial charge in [-0.15, -0.1) is 0 Å². The lowest BCUT2D eigenvalue weighted by Crippen LogP contribution is -2.44. The molecular formula is C48H53ClN6O7. The molecule has 3 aromatic carbocycles. The smallest absolute Gasteiger partial charge is 0.410 e. The van der Waals surface area contributed by atoms with Crippen molar-refractivity contribution in [3.05, 3.63) is 117 Å². The van der Waals surface area contributed by atoms with E-state index < -0.39 is 23.4 Å². The van der Waals surface area contributed by atoms with Gasteiger partial charge in [0.2, 0.25) is 11.8 Å². The number of ether oxygens (including phenoxy) is 2. The maximum absolute atomic E-state index is 13.8. The number of hydrogen-bond acceptors (Lipinski definition) is 8. The first kappa shape index (κ1) is 43.9. The molecule has 3 N–H and O–H groups in total. The van der Waals surface area contributed by atoms with E-state index >= 15 is 0 Å². The molecule has 2 aliphatic rings. The van der Waals surface area contributed by atoms with E-state index in [1.54, 1.807) is 47.7 Å². The van der Waals surface area contributed by atoms with E-state index in [2.05, 4.69) is 39.1 Å². The number of carbonyl (C=O) groups is 4. The van der Waals surface area contributed by atoms with E-state index in [0.717, 1.165) is 50.1 Å². The molecule has 324 valence electrons. The van der Waals surface area contributed by atoms with Gasteiger partial charge < -0.3 is 30.3 Å². The number of benzene rings is 3. The lowest BCUT2D eigenvalue weighted by molar-refractivity contribution is -0.121. The predicted octanol–water partition coefficient (Wildman–Crippen LogP) is 7.78. The molecule has 4 amide bonds. The minimum atomic E-state index is -0.743. The zero-order valence-corrected chi connectivity index (χ0v) is 36.9. The van der Waals surface area contributed by atoms with Crippen LogP contribution >= 0.6 is 11.6 Å². The minimum absolute atomic E-state index is 0.0282. The van der Waals surface area contributed by atoms with Crippen molar-refractivity contribution in [2.24, 2.45) is 0 Å². The summed E-state index contributed by atoms with van der Waals surface area (Å²) in [5.74, 6) is -0.346. The molecule has 1 aliphatic carbocycles. The number of amides is 4. The maximum Gasteiger partial charge on any atom is 0.410 e. The Morgan fingerprint density at radius 1 is 0.871 bits per heavy atom. The SMILES string of the molecule is Cc1c(-c2ccn3c(=O)c(CN(C[C@@H]4CCC(=O)N4)C(=O)OC(C)(C)C)cnc3c2)cccc1-c1cccc(-c2ccc3c(c2)CC(NC(=O)CNC(=O)OC(C)(C)C)C3)c1Cl. The summed E-state index contributed by atoms with van der Waals surface area (Å²) in [6.07, 6.45) is 4.30. The van der Waals surface area contributed by atoms with Crippen LogP contribution < -0.4 is 21.5 Å². The predicted molar refractivity (Wildman–Crippen MR) is 239 cm³/mol. The molecule has 1 unspecified atom stereocenters. The van der Waals surface area contributed by atoms with Crippen LogP contribution in [-0.2, 0) is 38.4 Å². The van der Waals surface area contributed by atoms with Crippen molar-refractivity contribution in [2.45, 2.75) is 104 Å². The van der Waals surface area contributed by atoms with Crippen LogP contribution in [0.1, 0.15) is 76.6 Å². The molecule has 0 spiro atoms. The van der Waals surface area contributed by atoms with Gasteiger partial charge >= 0.3 is 12.2 Å². The van der Waals surface area contributed by atoms with Gasteiger partial charge in [-0.25, -0.2) is 14.6 Å². The normalized spacial score (nSPS) is 16.1. The number of hydrogen-bond donors (Lipinski definition) is 3. The Labute approximate surface area is 366 Å². The molecule has 1 aliphatic heterocycles. The molecule has 0 saturated carbocycles. The molecule has 2 aromatic heterocycles. The third-order valence-electron chi connectivity index (χ3n) is 10.9. The van der Waals surface area contributed by atoms with Crippen molar-refractivity contribution < 1.29 is 28.7 Å². The van der Waals surface area contributed by atoms with Gasteiger partial charge in [-0.05, 0) is 119 Å². The Hall–Kier alpha value is -6.21. The van der Waals surface area contributed by atoms with Gasteiger partial charge in [0.1, 0.15) is 23.4 Å². The fourth-order valence-electron chi connectivity index (χ4n) is 8.04. The summed E-state index contributed by atoms with van der Waals surface area (Å²) in [4.78, 5) is 69.7. The van der Waals surface area contributed by atoms with Crippen LogP contribution in [0.25, 0.3) is 39.0 Å². The standard InChI is InChI=1S/C48H53ClN6O7/c1-28-36(31-18-19-55-40(23-31)50-24-33(44(55)58)26-54(46(60)62-48(5,6)7)27-34-16-17-41(56)52-34)10-8-11-37(28)39-13-9-12-38(43(39)49)30-15-14-29-21-35(22-32(29)20-30)53-42(57)25-51-45(59)61-47(2,3)4/h8-15,18-20,23-24,34-35H,16-17,21-22,25-27H2,1-7H3,(H,51,59)(H,52,56)(H,53,57)/t34-,35?/m0/s1. The van der Waals surface area contributed by atoms with Gasteiger partial charge in [0.05, 0.1) is 17.1 Å². The van der Waals surface area contributed by atoms with Crippen LogP contribution in [0.5, 0.6) is 0 Å². The monoisotopic (exact) mass is 860 g/mol. The highest BCUT2D eigenvalue weighted by Crippen LogP contribution is 2.41. The van der Waals surface area contributed by atoms with Gasteiger partial charge in [0.25, 0.3) is 5.56 Å². The van der Waals surface area contributed by atoms with Crippen LogP contribution in [0.3, 0.4) is 0 Å². The second kappa shape index (κ2) is 17.6. The number of rotatable bonds is 10. The lowest BCUT2D eigenvalue weighted by Gasteiger charge is -2.29. The third-order valence-corrected chi connectivity index (χ3v) is 11.3. The highest BCUT2D eigenvalue weighted by atomic mass is 35.5. The van der Waals surface area contributed by atoms with E-state index in [0.29, 0.717) is 41.9 Å². The topological polar surface area (TPSA) is 160 Å². The molecule has 0 bridgehead atoms. The largest absolute Gasteiger partial charge is 0.444 e. The van der Waals surface area contributed by atoms with Crippen LogP contribution in [0, 0.1) is 6.92 Å². The number of aromatic nitrogens is 2. The summed E-state index contributed by atoms with van der Waals surface area (Å²) in [5, 5.41) is 9.05. The number of halogens is 1. The average Bonchev–Trinajstić information content (AvgIpc) is 3.80. The Kier molecular flexibility index (Phi) is 12.5. The molecule has 13 nitrogen and oxygen atoms in total. The summed E-state index contributed by atoms with van der Waals surface area (Å²) >= 11 is 7.25. The molecule has 62 heavy (non-hydrogen) atoms. The van der Waals surface area contributed by atoms with Gasteiger partial charge in [0.15, 0.2) is 0 Å². The summed E-state index contributed by atoms with van der Waals surface area (Å²) in [5.41, 5.74) is 7.83. The van der Waals surface area contributed by atoms with E-state index in [1.165, 1.54) is 15.5 Å². The van der Waals surface area contributed by atoms with E-state index in [-0.39, 0.29) is 49.1 Å². The number of fused-ring (bicyclic) bond motifs is 2. The quantitative estimate of drug-likeness (QED) is 0.128. The first-order valence-corrected chi connectivity index (χ1v) is 21.2. The minimum Gasteiger partial charge on any atom is -0.444 e. The second-order valence-corrected chi connectivity index (χ2v) is 18.4. The summed E-state index contributed by atoms with van der Waals surface area (Å²) in [6, 6.07) is 21.7. The van der Waals surface area contributed by atoms with Crippen molar-refractivity contribution in [1.29, 1.82) is 0 Å². The molecule has 7 rings (SSSR count). The number of pyridine rings is 1. The lowest BCUT2D eigenvalue weighted by atomic mass is 9.91. The van der Waals surface area contributed by atoms with Crippen molar-refractivity contribution in [1.82, 2.24) is 30.2 Å². The highest BCUT2D eigenvalue weighted by molar-refractivity contribution is 6.36. The van der Waals surface area contributed by atoms with Crippen molar-refractivity contribution in [3.63, 3.8) is 0 Å². The van der Waals surface area contributed by atoms with Crippen LogP contribution in [0.15, 0.2) is 83.9 Å². The summed E-state index contributed by atoms with van der Waals surface area (Å²) < 4.78 is 12.4. The number of alkyl carbamates (subject to hydrolysis) is 1. The molecular weight excluding hydrogens is 808 g/mol. The van der Waals surface area contributed by atoms with E-state index in [1.807, 2.05) is 55.5 Å². The number of nitrogens with zero attached hydrogens (tertiary/aromatic N) is 3. The third kappa shape index (κ3) is 10.3.